The van der Waals surface area contributed by atoms with Crippen molar-refractivity contribution >= 4 is 5.97 Å². The molecule has 0 saturated heterocycles. The van der Waals surface area contributed by atoms with Crippen molar-refractivity contribution in [2.45, 2.75) is 31.9 Å². The second kappa shape index (κ2) is 7.16. The summed E-state index contributed by atoms with van der Waals surface area (Å²) in [6.07, 6.45) is -0.0716. The zero-order chi connectivity index (χ0) is 14.4. The molecule has 6 heteroatoms. The van der Waals surface area contributed by atoms with Crippen LogP contribution in [0, 0.1) is 11.6 Å². The number of carbonyl (C=O) groups is 1. The second-order valence-electron chi connectivity index (χ2n) is 4.31. The van der Waals surface area contributed by atoms with E-state index in [4.69, 9.17) is 5.11 Å². The lowest BCUT2D eigenvalue weighted by Gasteiger charge is -2.17. The van der Waals surface area contributed by atoms with E-state index < -0.39 is 29.7 Å². The van der Waals surface area contributed by atoms with Crippen LogP contribution in [0.25, 0.3) is 0 Å². The van der Waals surface area contributed by atoms with Gasteiger partial charge in [0.15, 0.2) is 0 Å². The lowest BCUT2D eigenvalue weighted by atomic mass is 10.1. The number of hydrogen-bond donors (Lipinski definition) is 3. The van der Waals surface area contributed by atoms with E-state index in [0.717, 1.165) is 12.1 Å². The molecule has 0 aliphatic carbocycles. The average Bonchev–Trinajstić information content (AvgIpc) is 2.32. The Labute approximate surface area is 110 Å². The van der Waals surface area contributed by atoms with Crippen molar-refractivity contribution < 1.29 is 23.8 Å². The van der Waals surface area contributed by atoms with Crippen LogP contribution < -0.4 is 5.32 Å². The van der Waals surface area contributed by atoms with Gasteiger partial charge in [-0.3, -0.25) is 4.79 Å². The molecule has 0 fully saturated rings. The zero-order valence-electron chi connectivity index (χ0n) is 10.6. The largest absolute Gasteiger partial charge is 0.480 e. The van der Waals surface area contributed by atoms with Crippen LogP contribution >= 0.6 is 0 Å². The zero-order valence-corrected chi connectivity index (χ0v) is 10.6. The number of aliphatic carboxylic acids is 1. The third kappa shape index (κ3) is 4.92. The predicted octanol–water partition coefficient (Wildman–Crippen LogP) is 1.84. The van der Waals surface area contributed by atoms with Gasteiger partial charge in [0, 0.05) is 12.6 Å². The third-order valence-electron chi connectivity index (χ3n) is 2.70. The first-order valence-corrected chi connectivity index (χ1v) is 6.04. The minimum absolute atomic E-state index is 0.0747. The van der Waals surface area contributed by atoms with Crippen LogP contribution in [0.4, 0.5) is 8.78 Å². The maximum absolute atomic E-state index is 13.0. The van der Waals surface area contributed by atoms with E-state index in [1.165, 1.54) is 0 Å². The number of benzene rings is 1. The number of carboxylic acid groups (broad SMARTS) is 1. The van der Waals surface area contributed by atoms with Crippen molar-refractivity contribution in [3.8, 4) is 0 Å². The summed E-state index contributed by atoms with van der Waals surface area (Å²) in [5, 5.41) is 21.4. The van der Waals surface area contributed by atoms with Gasteiger partial charge in [0.05, 0.1) is 6.10 Å². The van der Waals surface area contributed by atoms with Gasteiger partial charge in [0.25, 0.3) is 0 Å². The smallest absolute Gasteiger partial charge is 0.320 e. The summed E-state index contributed by atoms with van der Waals surface area (Å²) in [4.78, 5) is 10.9. The minimum Gasteiger partial charge on any atom is -0.480 e. The number of aliphatic hydroxyl groups excluding tert-OH is 1. The molecule has 0 radical (unpaired) electrons. The molecule has 1 aromatic carbocycles. The van der Waals surface area contributed by atoms with Crippen LogP contribution in [-0.4, -0.2) is 28.8 Å². The molecule has 0 aromatic heterocycles. The van der Waals surface area contributed by atoms with Gasteiger partial charge in [-0.15, -0.1) is 0 Å². The van der Waals surface area contributed by atoms with E-state index in [2.05, 4.69) is 5.32 Å². The molecule has 0 aliphatic rings. The molecule has 3 N–H and O–H groups in total. The van der Waals surface area contributed by atoms with Crippen molar-refractivity contribution in [2.24, 2.45) is 0 Å². The van der Waals surface area contributed by atoms with Gasteiger partial charge in [-0.25, -0.2) is 8.78 Å². The molecular weight excluding hydrogens is 256 g/mol. The van der Waals surface area contributed by atoms with Crippen molar-refractivity contribution in [2.75, 3.05) is 6.54 Å². The molecule has 0 heterocycles. The van der Waals surface area contributed by atoms with Crippen molar-refractivity contribution in [3.05, 3.63) is 35.4 Å². The van der Waals surface area contributed by atoms with Crippen LogP contribution in [0.15, 0.2) is 18.2 Å². The SMILES string of the molecule is CCCC(NCC(O)c1cc(F)cc(F)c1)C(=O)O. The fraction of sp³-hybridized carbons (Fsp3) is 0.462. The standard InChI is InChI=1S/C13H17F2NO3/c1-2-3-11(13(18)19)16-7-12(17)8-4-9(14)6-10(15)5-8/h4-6,11-12,16-17H,2-3,7H2,1H3,(H,18,19). The summed E-state index contributed by atoms with van der Waals surface area (Å²) in [6.45, 7) is 1.76. The fourth-order valence-corrected chi connectivity index (χ4v) is 1.74. The minimum atomic E-state index is -1.16. The molecule has 0 saturated carbocycles. The fourth-order valence-electron chi connectivity index (χ4n) is 1.74. The van der Waals surface area contributed by atoms with Gasteiger partial charge < -0.3 is 15.5 Å². The first-order valence-electron chi connectivity index (χ1n) is 6.04. The maximum atomic E-state index is 13.0. The molecule has 1 rings (SSSR count). The first-order chi connectivity index (χ1) is 8.93. The van der Waals surface area contributed by atoms with Crippen LogP contribution in [0.5, 0.6) is 0 Å². The number of halogens is 2. The Morgan fingerprint density at radius 3 is 2.37 bits per heavy atom. The summed E-state index contributed by atoms with van der Waals surface area (Å²) < 4.78 is 25.9. The number of nitrogens with one attached hydrogen (secondary N) is 1. The first kappa shape index (κ1) is 15.5. The molecule has 0 amide bonds. The van der Waals surface area contributed by atoms with Crippen molar-refractivity contribution in [1.29, 1.82) is 0 Å². The number of hydrogen-bond acceptors (Lipinski definition) is 3. The van der Waals surface area contributed by atoms with Crippen LogP contribution in [0.1, 0.15) is 31.4 Å². The monoisotopic (exact) mass is 273 g/mol. The second-order valence-corrected chi connectivity index (χ2v) is 4.31. The number of carboxylic acids is 1. The predicted molar refractivity (Wildman–Crippen MR) is 65.7 cm³/mol. The Kier molecular flexibility index (Phi) is 5.85. The highest BCUT2D eigenvalue weighted by Gasteiger charge is 2.18. The summed E-state index contributed by atoms with van der Waals surface area (Å²) in [5.41, 5.74) is 0.0747. The molecule has 2 unspecified atom stereocenters. The Hall–Kier alpha value is -1.53. The van der Waals surface area contributed by atoms with E-state index in [1.807, 2.05) is 6.92 Å². The highest BCUT2D eigenvalue weighted by Crippen LogP contribution is 2.16. The quantitative estimate of drug-likeness (QED) is 0.709. The summed E-state index contributed by atoms with van der Waals surface area (Å²) >= 11 is 0. The lowest BCUT2D eigenvalue weighted by Crippen LogP contribution is -2.38. The molecule has 0 bridgehead atoms. The average molecular weight is 273 g/mol. The molecule has 106 valence electrons. The highest BCUT2D eigenvalue weighted by atomic mass is 19.1. The van der Waals surface area contributed by atoms with Crippen LogP contribution in [0.3, 0.4) is 0 Å². The summed E-state index contributed by atoms with van der Waals surface area (Å²) in [6, 6.07) is 1.97. The molecule has 1 aromatic rings. The van der Waals surface area contributed by atoms with E-state index >= 15 is 0 Å². The third-order valence-corrected chi connectivity index (χ3v) is 2.70. The maximum Gasteiger partial charge on any atom is 0.320 e. The normalized spacial score (nSPS) is 14.1. The summed E-state index contributed by atoms with van der Waals surface area (Å²) in [7, 11) is 0. The van der Waals surface area contributed by atoms with Gasteiger partial charge in [-0.05, 0) is 24.1 Å². The van der Waals surface area contributed by atoms with Gasteiger partial charge in [-0.2, -0.15) is 0 Å². The Bertz CT molecular complexity index is 420. The summed E-state index contributed by atoms with van der Waals surface area (Å²) in [5.74, 6) is -2.57. The molecule has 2 atom stereocenters. The van der Waals surface area contributed by atoms with Gasteiger partial charge in [0.1, 0.15) is 17.7 Å². The van der Waals surface area contributed by atoms with Crippen LogP contribution in [0.2, 0.25) is 0 Å². The Balaban J connectivity index is 2.63. The van der Waals surface area contributed by atoms with E-state index in [-0.39, 0.29) is 12.1 Å². The van der Waals surface area contributed by atoms with Crippen molar-refractivity contribution in [3.63, 3.8) is 0 Å². The molecular formula is C13H17F2NO3. The number of aliphatic hydroxyl groups is 1. The topological polar surface area (TPSA) is 69.6 Å². The van der Waals surface area contributed by atoms with E-state index in [0.29, 0.717) is 18.9 Å². The molecule has 0 spiro atoms. The molecule has 19 heavy (non-hydrogen) atoms. The van der Waals surface area contributed by atoms with E-state index in [1.54, 1.807) is 0 Å². The highest BCUT2D eigenvalue weighted by molar-refractivity contribution is 5.73. The van der Waals surface area contributed by atoms with Gasteiger partial charge >= 0.3 is 5.97 Å². The van der Waals surface area contributed by atoms with Crippen LogP contribution in [-0.2, 0) is 4.79 Å². The Morgan fingerprint density at radius 1 is 1.32 bits per heavy atom. The molecule has 0 aliphatic heterocycles. The van der Waals surface area contributed by atoms with Crippen molar-refractivity contribution in [1.82, 2.24) is 5.32 Å². The Morgan fingerprint density at radius 2 is 1.89 bits per heavy atom. The van der Waals surface area contributed by atoms with Gasteiger partial charge in [-0.1, -0.05) is 13.3 Å². The number of rotatable bonds is 7. The van der Waals surface area contributed by atoms with Gasteiger partial charge in [0.2, 0.25) is 0 Å². The molecule has 4 nitrogen and oxygen atoms in total. The lowest BCUT2D eigenvalue weighted by molar-refractivity contribution is -0.139. The van der Waals surface area contributed by atoms with E-state index in [9.17, 15) is 18.7 Å².